The molecule has 0 aliphatic carbocycles. The van der Waals surface area contributed by atoms with Crippen molar-refractivity contribution in [3.63, 3.8) is 0 Å². The molecule has 144 valence electrons. The van der Waals surface area contributed by atoms with Crippen LogP contribution in [-0.2, 0) is 0 Å². The maximum atomic E-state index is 13.3. The molecule has 0 amide bonds. The highest BCUT2D eigenvalue weighted by Gasteiger charge is 2.25. The van der Waals surface area contributed by atoms with E-state index in [2.05, 4.69) is 21.6 Å². The Morgan fingerprint density at radius 2 is 2.00 bits per heavy atom. The van der Waals surface area contributed by atoms with Crippen LogP contribution in [0.1, 0.15) is 24.4 Å². The molecule has 1 unspecified atom stereocenters. The van der Waals surface area contributed by atoms with Crippen LogP contribution in [0.4, 0.5) is 10.1 Å². The number of hydrogen-bond acceptors (Lipinski definition) is 3. The zero-order chi connectivity index (χ0) is 19.2. The second-order valence-electron chi connectivity index (χ2n) is 6.46. The van der Waals surface area contributed by atoms with Gasteiger partial charge in [-0.3, -0.25) is 4.90 Å². The molecule has 2 N–H and O–H groups in total. The quantitative estimate of drug-likeness (QED) is 0.684. The van der Waals surface area contributed by atoms with Crippen molar-refractivity contribution < 1.29 is 9.13 Å². The normalized spacial score (nSPS) is 15.4. The number of thiocarbonyl (C=S) groups is 1. The highest BCUT2D eigenvalue weighted by molar-refractivity contribution is 7.80. The summed E-state index contributed by atoms with van der Waals surface area (Å²) in [6.07, 6.45) is 2.39. The maximum Gasteiger partial charge on any atom is 0.170 e. The summed E-state index contributed by atoms with van der Waals surface area (Å²) in [6.45, 7) is 2.75. The minimum absolute atomic E-state index is 0.0618. The van der Waals surface area contributed by atoms with Crippen LogP contribution in [-0.4, -0.2) is 36.8 Å². The summed E-state index contributed by atoms with van der Waals surface area (Å²) in [5.41, 5.74) is 1.79. The molecule has 7 heteroatoms. The Bertz CT molecular complexity index is 799. The lowest BCUT2D eigenvalue weighted by atomic mass is 10.0. The van der Waals surface area contributed by atoms with E-state index in [4.69, 9.17) is 28.6 Å². The third-order valence-corrected chi connectivity index (χ3v) is 5.25. The summed E-state index contributed by atoms with van der Waals surface area (Å²) < 4.78 is 18.9. The van der Waals surface area contributed by atoms with Crippen molar-refractivity contribution in [1.82, 2.24) is 10.2 Å². The Hall–Kier alpha value is -1.89. The molecular weight excluding hydrogens is 385 g/mol. The summed E-state index contributed by atoms with van der Waals surface area (Å²) in [7, 11) is 1.69. The van der Waals surface area contributed by atoms with Gasteiger partial charge in [0.1, 0.15) is 11.6 Å². The molecule has 2 aromatic rings. The monoisotopic (exact) mass is 407 g/mol. The van der Waals surface area contributed by atoms with Gasteiger partial charge in [-0.1, -0.05) is 29.8 Å². The summed E-state index contributed by atoms with van der Waals surface area (Å²) >= 11 is 11.2. The average Bonchev–Trinajstić information content (AvgIpc) is 3.20. The first kappa shape index (κ1) is 19.9. The number of benzene rings is 2. The molecule has 3 rings (SSSR count). The van der Waals surface area contributed by atoms with E-state index in [0.29, 0.717) is 17.3 Å². The van der Waals surface area contributed by atoms with Crippen molar-refractivity contribution in [3.8, 4) is 5.75 Å². The largest absolute Gasteiger partial charge is 0.496 e. The number of halogens is 2. The van der Waals surface area contributed by atoms with Gasteiger partial charge in [0.15, 0.2) is 5.11 Å². The van der Waals surface area contributed by atoms with Crippen molar-refractivity contribution in [1.29, 1.82) is 0 Å². The van der Waals surface area contributed by atoms with Gasteiger partial charge in [0.2, 0.25) is 0 Å². The molecule has 1 fully saturated rings. The van der Waals surface area contributed by atoms with Crippen LogP contribution in [0.15, 0.2) is 42.5 Å². The molecule has 1 aliphatic heterocycles. The first-order valence-corrected chi connectivity index (χ1v) is 9.74. The van der Waals surface area contributed by atoms with Gasteiger partial charge in [-0.05, 0) is 62.4 Å². The molecule has 1 heterocycles. The predicted octanol–water partition coefficient (Wildman–Crippen LogP) is 4.61. The molecular formula is C20H23ClFN3OS. The maximum absolute atomic E-state index is 13.3. The Morgan fingerprint density at radius 3 is 2.70 bits per heavy atom. The van der Waals surface area contributed by atoms with Crippen LogP contribution >= 0.6 is 23.8 Å². The van der Waals surface area contributed by atoms with Gasteiger partial charge < -0.3 is 15.4 Å². The number of ether oxygens (including phenoxy) is 1. The second-order valence-corrected chi connectivity index (χ2v) is 7.28. The molecule has 0 spiro atoms. The first-order chi connectivity index (χ1) is 13.1. The van der Waals surface area contributed by atoms with Gasteiger partial charge in [-0.25, -0.2) is 4.39 Å². The Kier molecular flexibility index (Phi) is 6.88. The van der Waals surface area contributed by atoms with Crippen LogP contribution < -0.4 is 15.4 Å². The molecule has 1 saturated heterocycles. The molecule has 4 nitrogen and oxygen atoms in total. The number of nitrogens with zero attached hydrogens (tertiary/aromatic N) is 1. The lowest BCUT2D eigenvalue weighted by Gasteiger charge is -2.29. The minimum Gasteiger partial charge on any atom is -0.496 e. The van der Waals surface area contributed by atoms with Crippen molar-refractivity contribution in [3.05, 3.63) is 58.9 Å². The van der Waals surface area contributed by atoms with Crippen LogP contribution in [0.5, 0.6) is 5.75 Å². The van der Waals surface area contributed by atoms with Gasteiger partial charge in [0, 0.05) is 17.8 Å². The molecule has 1 atom stereocenters. The van der Waals surface area contributed by atoms with Crippen LogP contribution in [0.2, 0.25) is 5.02 Å². The van der Waals surface area contributed by atoms with Gasteiger partial charge >= 0.3 is 0 Å². The molecule has 0 aromatic heterocycles. The number of para-hydroxylation sites is 1. The third kappa shape index (κ3) is 5.09. The lowest BCUT2D eigenvalue weighted by Crippen LogP contribution is -2.38. The van der Waals surface area contributed by atoms with Crippen LogP contribution in [0.25, 0.3) is 0 Å². The van der Waals surface area contributed by atoms with Gasteiger partial charge in [0.25, 0.3) is 0 Å². The third-order valence-electron chi connectivity index (χ3n) is 4.71. The smallest absolute Gasteiger partial charge is 0.170 e. The van der Waals surface area contributed by atoms with Gasteiger partial charge in [-0.2, -0.15) is 0 Å². The van der Waals surface area contributed by atoms with E-state index in [1.54, 1.807) is 13.2 Å². The summed E-state index contributed by atoms with van der Waals surface area (Å²) in [6, 6.07) is 12.7. The average molecular weight is 408 g/mol. The first-order valence-electron chi connectivity index (χ1n) is 8.95. The van der Waals surface area contributed by atoms with E-state index in [-0.39, 0.29) is 11.1 Å². The lowest BCUT2D eigenvalue weighted by molar-refractivity contribution is 0.240. The van der Waals surface area contributed by atoms with Crippen LogP contribution in [0, 0.1) is 5.82 Å². The molecule has 2 aromatic carbocycles. The SMILES string of the molecule is COc1ccccc1C(CNC(=S)Nc1ccc(F)c(Cl)c1)N1CCCC1. The van der Waals surface area contributed by atoms with Gasteiger partial charge in [0.05, 0.1) is 18.2 Å². The zero-order valence-corrected chi connectivity index (χ0v) is 16.7. The fourth-order valence-corrected chi connectivity index (χ4v) is 3.75. The minimum atomic E-state index is -0.452. The highest BCUT2D eigenvalue weighted by Crippen LogP contribution is 2.31. The summed E-state index contributed by atoms with van der Waals surface area (Å²) in [4.78, 5) is 2.45. The number of likely N-dealkylation sites (tertiary alicyclic amines) is 1. The number of methoxy groups -OCH3 is 1. The van der Waals surface area contributed by atoms with Crippen LogP contribution in [0.3, 0.4) is 0 Å². The number of rotatable bonds is 6. The zero-order valence-electron chi connectivity index (χ0n) is 15.2. The Labute approximate surface area is 169 Å². The fraction of sp³-hybridized carbons (Fsp3) is 0.350. The molecule has 0 radical (unpaired) electrons. The van der Waals surface area contributed by atoms with E-state index in [1.165, 1.54) is 25.0 Å². The van der Waals surface area contributed by atoms with E-state index in [0.717, 1.165) is 24.4 Å². The van der Waals surface area contributed by atoms with E-state index < -0.39 is 5.82 Å². The topological polar surface area (TPSA) is 36.5 Å². The predicted molar refractivity (Wildman–Crippen MR) is 112 cm³/mol. The molecule has 0 bridgehead atoms. The highest BCUT2D eigenvalue weighted by atomic mass is 35.5. The summed E-state index contributed by atoms with van der Waals surface area (Å²) in [5.74, 6) is 0.423. The number of hydrogen-bond donors (Lipinski definition) is 2. The molecule has 0 saturated carbocycles. The van der Waals surface area contributed by atoms with Crippen molar-refractivity contribution in [2.75, 3.05) is 32.1 Å². The second kappa shape index (κ2) is 9.35. The van der Waals surface area contributed by atoms with E-state index in [1.807, 2.05) is 18.2 Å². The number of anilines is 1. The number of nitrogens with one attached hydrogen (secondary N) is 2. The van der Waals surface area contributed by atoms with Gasteiger partial charge in [-0.15, -0.1) is 0 Å². The van der Waals surface area contributed by atoms with E-state index >= 15 is 0 Å². The van der Waals surface area contributed by atoms with Crippen molar-refractivity contribution >= 4 is 34.6 Å². The van der Waals surface area contributed by atoms with Crippen molar-refractivity contribution in [2.24, 2.45) is 0 Å². The van der Waals surface area contributed by atoms with E-state index in [9.17, 15) is 4.39 Å². The Balaban J connectivity index is 1.68. The van der Waals surface area contributed by atoms with Crippen molar-refractivity contribution in [2.45, 2.75) is 18.9 Å². The summed E-state index contributed by atoms with van der Waals surface area (Å²) in [5, 5.41) is 6.86. The standard InChI is InChI=1S/C20H23ClFN3OS/c1-26-19-7-3-2-6-15(19)18(25-10-4-5-11-25)13-23-20(27)24-14-8-9-17(22)16(21)12-14/h2-3,6-9,12,18H,4-5,10-11,13H2,1H3,(H2,23,24,27). The molecule has 27 heavy (non-hydrogen) atoms. The molecule has 1 aliphatic rings. The fourth-order valence-electron chi connectivity index (χ4n) is 3.37. The Morgan fingerprint density at radius 1 is 1.26 bits per heavy atom.